The third-order valence-corrected chi connectivity index (χ3v) is 3.56. The second kappa shape index (κ2) is 5.86. The Morgan fingerprint density at radius 2 is 2.32 bits per heavy atom. The van der Waals surface area contributed by atoms with Crippen LogP contribution in [0.5, 0.6) is 0 Å². The first kappa shape index (κ1) is 13.6. The second-order valence-corrected chi connectivity index (χ2v) is 4.88. The number of carboxylic acids is 1. The summed E-state index contributed by atoms with van der Waals surface area (Å²) in [4.78, 5) is 24.9. The molecule has 1 N–H and O–H groups in total. The molecule has 19 heavy (non-hydrogen) atoms. The number of rotatable bonds is 4. The Bertz CT molecular complexity index is 469. The summed E-state index contributed by atoms with van der Waals surface area (Å²) in [5, 5.41) is 12.4. The maximum atomic E-state index is 12.4. The number of carbonyl (C=O) groups excluding carboxylic acids is 1. The van der Waals surface area contributed by atoms with Crippen LogP contribution in [-0.4, -0.2) is 39.6 Å². The summed E-state index contributed by atoms with van der Waals surface area (Å²) in [6, 6.07) is 0.00616. The van der Waals surface area contributed by atoms with E-state index in [-0.39, 0.29) is 18.4 Å². The lowest BCUT2D eigenvalue weighted by molar-refractivity contribution is -0.137. The van der Waals surface area contributed by atoms with Gasteiger partial charge in [0.25, 0.3) is 5.91 Å². The van der Waals surface area contributed by atoms with Crippen LogP contribution < -0.4 is 0 Å². The molecule has 6 nitrogen and oxygen atoms in total. The molecule has 0 aliphatic carbocycles. The van der Waals surface area contributed by atoms with Gasteiger partial charge in [0.05, 0.1) is 6.20 Å². The van der Waals surface area contributed by atoms with Crippen LogP contribution in [0.2, 0.25) is 0 Å². The highest BCUT2D eigenvalue weighted by molar-refractivity contribution is 5.95. The van der Waals surface area contributed by atoms with Gasteiger partial charge in [-0.15, -0.1) is 0 Å². The van der Waals surface area contributed by atoms with Gasteiger partial charge in [-0.3, -0.25) is 9.59 Å². The molecule has 1 fully saturated rings. The molecule has 0 bridgehead atoms. The summed E-state index contributed by atoms with van der Waals surface area (Å²) in [6.07, 6.45) is 4.89. The fourth-order valence-electron chi connectivity index (χ4n) is 2.52. The van der Waals surface area contributed by atoms with Gasteiger partial charge in [-0.2, -0.15) is 0 Å². The molecule has 1 aromatic heterocycles. The van der Waals surface area contributed by atoms with Gasteiger partial charge in [0.15, 0.2) is 0 Å². The second-order valence-electron chi connectivity index (χ2n) is 4.88. The van der Waals surface area contributed by atoms with Crippen molar-refractivity contribution in [3.63, 3.8) is 0 Å². The lowest BCUT2D eigenvalue weighted by Crippen LogP contribution is -2.44. The number of amides is 1. The average molecular weight is 266 g/mol. The number of carboxylic acid groups (broad SMARTS) is 1. The predicted octanol–water partition coefficient (Wildman–Crippen LogP) is 1.84. The molecular weight excluding hydrogens is 248 g/mol. The summed E-state index contributed by atoms with van der Waals surface area (Å²) in [7, 11) is 0. The van der Waals surface area contributed by atoms with Crippen LogP contribution in [0.15, 0.2) is 10.7 Å². The van der Waals surface area contributed by atoms with Crippen molar-refractivity contribution in [2.75, 3.05) is 6.54 Å². The molecule has 0 spiro atoms. The van der Waals surface area contributed by atoms with Crippen molar-refractivity contribution >= 4 is 11.9 Å². The normalized spacial score (nSPS) is 19.4. The van der Waals surface area contributed by atoms with Gasteiger partial charge in [0, 0.05) is 19.0 Å². The number of nitrogens with zero attached hydrogens (tertiary/aromatic N) is 2. The van der Waals surface area contributed by atoms with Crippen LogP contribution >= 0.6 is 0 Å². The fourth-order valence-corrected chi connectivity index (χ4v) is 2.52. The Kier molecular flexibility index (Phi) is 4.19. The number of aliphatic carboxylic acids is 1. The maximum Gasteiger partial charge on any atom is 0.303 e. The number of carbonyl (C=O) groups is 2. The Morgan fingerprint density at radius 1 is 1.53 bits per heavy atom. The Morgan fingerprint density at radius 3 is 2.95 bits per heavy atom. The van der Waals surface area contributed by atoms with Crippen molar-refractivity contribution in [1.82, 2.24) is 10.1 Å². The van der Waals surface area contributed by atoms with Crippen molar-refractivity contribution in [3.8, 4) is 0 Å². The lowest BCUT2D eigenvalue weighted by Gasteiger charge is -2.35. The zero-order chi connectivity index (χ0) is 13.8. The first-order valence-electron chi connectivity index (χ1n) is 6.53. The zero-order valence-electron chi connectivity index (χ0n) is 11.0. The van der Waals surface area contributed by atoms with Gasteiger partial charge < -0.3 is 14.5 Å². The third kappa shape index (κ3) is 3.13. The number of hydrogen-bond acceptors (Lipinski definition) is 4. The van der Waals surface area contributed by atoms with Crippen molar-refractivity contribution in [2.24, 2.45) is 0 Å². The van der Waals surface area contributed by atoms with Crippen LogP contribution in [0.3, 0.4) is 0 Å². The van der Waals surface area contributed by atoms with Crippen molar-refractivity contribution in [3.05, 3.63) is 17.5 Å². The zero-order valence-corrected chi connectivity index (χ0v) is 11.0. The molecule has 0 saturated carbocycles. The van der Waals surface area contributed by atoms with E-state index in [4.69, 9.17) is 9.63 Å². The molecule has 2 rings (SSSR count). The van der Waals surface area contributed by atoms with Crippen LogP contribution in [0.25, 0.3) is 0 Å². The Hall–Kier alpha value is -1.85. The van der Waals surface area contributed by atoms with Crippen molar-refractivity contribution < 1.29 is 19.2 Å². The molecule has 104 valence electrons. The molecule has 0 aromatic carbocycles. The smallest absolute Gasteiger partial charge is 0.303 e. The molecule has 1 aromatic rings. The minimum atomic E-state index is -0.820. The summed E-state index contributed by atoms with van der Waals surface area (Å²) >= 11 is 0. The van der Waals surface area contributed by atoms with E-state index in [2.05, 4.69) is 5.16 Å². The number of aromatic nitrogens is 1. The van der Waals surface area contributed by atoms with E-state index in [0.29, 0.717) is 24.3 Å². The van der Waals surface area contributed by atoms with E-state index in [1.54, 1.807) is 11.8 Å². The molecule has 1 saturated heterocycles. The largest absolute Gasteiger partial charge is 0.481 e. The Balaban J connectivity index is 2.08. The van der Waals surface area contributed by atoms with Gasteiger partial charge >= 0.3 is 5.97 Å². The minimum absolute atomic E-state index is 0.00616. The van der Waals surface area contributed by atoms with Gasteiger partial charge in [0.2, 0.25) is 0 Å². The fraction of sp³-hybridized carbons (Fsp3) is 0.615. The van der Waals surface area contributed by atoms with Crippen molar-refractivity contribution in [1.29, 1.82) is 0 Å². The van der Waals surface area contributed by atoms with Crippen LogP contribution in [-0.2, 0) is 4.79 Å². The monoisotopic (exact) mass is 266 g/mol. The highest BCUT2D eigenvalue weighted by atomic mass is 16.5. The SMILES string of the molecule is Cc1oncc1C(=O)N1CCCCC1CCC(=O)O. The van der Waals surface area contributed by atoms with E-state index < -0.39 is 5.97 Å². The number of piperidine rings is 1. The number of hydrogen-bond donors (Lipinski definition) is 1. The first-order chi connectivity index (χ1) is 9.09. The predicted molar refractivity (Wildman–Crippen MR) is 66.8 cm³/mol. The van der Waals surface area contributed by atoms with E-state index in [1.165, 1.54) is 6.20 Å². The van der Waals surface area contributed by atoms with E-state index in [9.17, 15) is 9.59 Å². The molecule has 6 heteroatoms. The summed E-state index contributed by atoms with van der Waals surface area (Å²) in [6.45, 7) is 2.38. The molecule has 1 amide bonds. The molecule has 1 atom stereocenters. The topological polar surface area (TPSA) is 83.6 Å². The highest BCUT2D eigenvalue weighted by Gasteiger charge is 2.29. The average Bonchev–Trinajstić information content (AvgIpc) is 2.82. The first-order valence-corrected chi connectivity index (χ1v) is 6.53. The van der Waals surface area contributed by atoms with Crippen LogP contribution in [0.4, 0.5) is 0 Å². The number of aryl methyl sites for hydroxylation is 1. The van der Waals surface area contributed by atoms with Crippen LogP contribution in [0.1, 0.15) is 48.2 Å². The molecule has 1 aliphatic rings. The standard InChI is InChI=1S/C13H18N2O4/c1-9-11(8-14-19-9)13(18)15-7-3-2-4-10(15)5-6-12(16)17/h8,10H,2-7H2,1H3,(H,16,17). The third-order valence-electron chi connectivity index (χ3n) is 3.56. The quantitative estimate of drug-likeness (QED) is 0.899. The number of likely N-dealkylation sites (tertiary alicyclic amines) is 1. The van der Waals surface area contributed by atoms with Crippen LogP contribution in [0, 0.1) is 6.92 Å². The molecular formula is C13H18N2O4. The molecule has 1 aliphatic heterocycles. The van der Waals surface area contributed by atoms with Gasteiger partial charge in [0.1, 0.15) is 11.3 Å². The van der Waals surface area contributed by atoms with E-state index in [0.717, 1.165) is 19.3 Å². The summed E-state index contributed by atoms with van der Waals surface area (Å²) in [5.74, 6) is -0.416. The minimum Gasteiger partial charge on any atom is -0.481 e. The van der Waals surface area contributed by atoms with E-state index >= 15 is 0 Å². The lowest BCUT2D eigenvalue weighted by atomic mass is 9.97. The summed E-state index contributed by atoms with van der Waals surface area (Å²) in [5.41, 5.74) is 0.474. The summed E-state index contributed by atoms with van der Waals surface area (Å²) < 4.78 is 4.92. The van der Waals surface area contributed by atoms with Crippen molar-refractivity contribution in [2.45, 2.75) is 45.1 Å². The van der Waals surface area contributed by atoms with Gasteiger partial charge in [-0.1, -0.05) is 5.16 Å². The van der Waals surface area contributed by atoms with Gasteiger partial charge in [-0.25, -0.2) is 0 Å². The Labute approximate surface area is 111 Å². The van der Waals surface area contributed by atoms with Gasteiger partial charge in [-0.05, 0) is 32.6 Å². The maximum absolute atomic E-state index is 12.4. The highest BCUT2D eigenvalue weighted by Crippen LogP contribution is 2.23. The van der Waals surface area contributed by atoms with E-state index in [1.807, 2.05) is 0 Å². The molecule has 2 heterocycles. The molecule has 1 unspecified atom stereocenters. The molecule has 0 radical (unpaired) electrons.